The lowest BCUT2D eigenvalue weighted by Crippen LogP contribution is -2.33. The van der Waals surface area contributed by atoms with Crippen LogP contribution in [0.15, 0.2) is 36.7 Å². The molecule has 1 aromatic heterocycles. The predicted octanol–water partition coefficient (Wildman–Crippen LogP) is 2.26. The van der Waals surface area contributed by atoms with Crippen molar-refractivity contribution in [2.45, 2.75) is 25.4 Å². The third kappa shape index (κ3) is 3.16. The van der Waals surface area contributed by atoms with E-state index in [1.165, 1.54) is 0 Å². The molecule has 0 aliphatic carbocycles. The van der Waals surface area contributed by atoms with E-state index in [1.807, 2.05) is 29.2 Å². The van der Waals surface area contributed by atoms with Crippen molar-refractivity contribution >= 4 is 5.91 Å². The van der Waals surface area contributed by atoms with Gasteiger partial charge in [0.1, 0.15) is 18.0 Å². The maximum Gasteiger partial charge on any atom is 0.244 e. The highest BCUT2D eigenvalue weighted by atomic mass is 16.5. The highest BCUT2D eigenvalue weighted by Gasteiger charge is 2.32. The molecule has 1 amide bonds. The van der Waals surface area contributed by atoms with E-state index >= 15 is 0 Å². The first kappa shape index (κ1) is 15.4. The number of methoxy groups -OCH3 is 2. The minimum absolute atomic E-state index is 0.0407. The first-order chi connectivity index (χ1) is 11.2. The van der Waals surface area contributed by atoms with Gasteiger partial charge in [0.15, 0.2) is 0 Å². The second-order valence-corrected chi connectivity index (χ2v) is 5.56. The molecule has 0 saturated carbocycles. The zero-order valence-corrected chi connectivity index (χ0v) is 13.4. The molecule has 1 atom stereocenters. The summed E-state index contributed by atoms with van der Waals surface area (Å²) in [4.78, 5) is 14.5. The number of carbonyl (C=O) groups is 1. The Balaban J connectivity index is 1.82. The van der Waals surface area contributed by atoms with Crippen LogP contribution in [0.25, 0.3) is 0 Å². The number of benzene rings is 1. The average molecular weight is 315 g/mol. The van der Waals surface area contributed by atoms with E-state index in [2.05, 4.69) is 5.10 Å². The summed E-state index contributed by atoms with van der Waals surface area (Å²) in [6.07, 6.45) is 5.41. The van der Waals surface area contributed by atoms with Crippen LogP contribution in [-0.4, -0.2) is 41.4 Å². The first-order valence-electron chi connectivity index (χ1n) is 7.71. The van der Waals surface area contributed by atoms with Crippen molar-refractivity contribution in [1.82, 2.24) is 14.7 Å². The monoisotopic (exact) mass is 315 g/mol. The van der Waals surface area contributed by atoms with Gasteiger partial charge in [-0.15, -0.1) is 0 Å². The number of likely N-dealkylation sites (tertiary alicyclic amines) is 1. The van der Waals surface area contributed by atoms with Crippen LogP contribution in [0.3, 0.4) is 0 Å². The molecule has 0 unspecified atom stereocenters. The van der Waals surface area contributed by atoms with Gasteiger partial charge in [0.05, 0.1) is 20.3 Å². The fourth-order valence-electron chi connectivity index (χ4n) is 3.11. The molecular weight excluding hydrogens is 294 g/mol. The summed E-state index contributed by atoms with van der Waals surface area (Å²) in [5.74, 6) is 1.58. The molecule has 6 nitrogen and oxygen atoms in total. The second-order valence-electron chi connectivity index (χ2n) is 5.56. The number of rotatable bonds is 5. The summed E-state index contributed by atoms with van der Waals surface area (Å²) in [6.45, 7) is 1.03. The standard InChI is InChI=1S/C17H21N3O3/c1-22-13-6-7-14(16(11-13)23-2)15-5-3-10-20(15)17(21)12-19-9-4-8-18-19/h4,6-9,11,15H,3,5,10,12H2,1-2H3/t15-/m1/s1. The molecule has 0 spiro atoms. The molecule has 0 bridgehead atoms. The Hall–Kier alpha value is -2.50. The number of ether oxygens (including phenoxy) is 2. The van der Waals surface area contributed by atoms with Crippen molar-refractivity contribution < 1.29 is 14.3 Å². The molecule has 2 aromatic rings. The first-order valence-corrected chi connectivity index (χ1v) is 7.71. The van der Waals surface area contributed by atoms with Crippen LogP contribution in [0.5, 0.6) is 11.5 Å². The number of carbonyl (C=O) groups excluding carboxylic acids is 1. The van der Waals surface area contributed by atoms with Crippen molar-refractivity contribution in [2.75, 3.05) is 20.8 Å². The van der Waals surface area contributed by atoms with E-state index < -0.39 is 0 Å². The Labute approximate surface area is 135 Å². The van der Waals surface area contributed by atoms with Gasteiger partial charge in [-0.25, -0.2) is 0 Å². The van der Waals surface area contributed by atoms with Gasteiger partial charge < -0.3 is 14.4 Å². The van der Waals surface area contributed by atoms with Crippen LogP contribution in [0.4, 0.5) is 0 Å². The molecule has 122 valence electrons. The molecule has 0 N–H and O–H groups in total. The lowest BCUT2D eigenvalue weighted by atomic mass is 10.0. The smallest absolute Gasteiger partial charge is 0.244 e. The zero-order chi connectivity index (χ0) is 16.2. The Morgan fingerprint density at radius 1 is 1.35 bits per heavy atom. The average Bonchev–Trinajstić information content (AvgIpc) is 3.25. The Bertz CT molecular complexity index is 670. The van der Waals surface area contributed by atoms with Crippen molar-refractivity contribution in [3.05, 3.63) is 42.2 Å². The van der Waals surface area contributed by atoms with E-state index in [1.54, 1.807) is 31.3 Å². The summed E-state index contributed by atoms with van der Waals surface area (Å²) in [5, 5.41) is 4.11. The fourth-order valence-corrected chi connectivity index (χ4v) is 3.11. The Kier molecular flexibility index (Phi) is 4.50. The van der Waals surface area contributed by atoms with Gasteiger partial charge in [0.25, 0.3) is 0 Å². The molecule has 23 heavy (non-hydrogen) atoms. The summed E-state index contributed by atoms with van der Waals surface area (Å²) < 4.78 is 12.4. The van der Waals surface area contributed by atoms with Gasteiger partial charge in [-0.2, -0.15) is 5.10 Å². The maximum atomic E-state index is 12.6. The van der Waals surface area contributed by atoms with Crippen LogP contribution in [0.1, 0.15) is 24.4 Å². The lowest BCUT2D eigenvalue weighted by molar-refractivity contribution is -0.133. The molecule has 6 heteroatoms. The van der Waals surface area contributed by atoms with Gasteiger partial charge in [0, 0.05) is 30.6 Å². The molecule has 3 rings (SSSR count). The Morgan fingerprint density at radius 3 is 2.91 bits per heavy atom. The van der Waals surface area contributed by atoms with Crippen molar-refractivity contribution in [1.29, 1.82) is 0 Å². The molecule has 1 aromatic carbocycles. The number of nitrogens with zero attached hydrogens (tertiary/aromatic N) is 3. The fraction of sp³-hybridized carbons (Fsp3) is 0.412. The second kappa shape index (κ2) is 6.73. The molecule has 1 saturated heterocycles. The van der Waals surface area contributed by atoms with E-state index in [0.29, 0.717) is 0 Å². The van der Waals surface area contributed by atoms with Crippen LogP contribution >= 0.6 is 0 Å². The van der Waals surface area contributed by atoms with Crippen LogP contribution in [0, 0.1) is 0 Å². The summed E-state index contributed by atoms with van der Waals surface area (Å²) in [6, 6.07) is 7.62. The van der Waals surface area contributed by atoms with Gasteiger partial charge in [0.2, 0.25) is 5.91 Å². The van der Waals surface area contributed by atoms with E-state index in [-0.39, 0.29) is 18.5 Å². The molecule has 0 radical (unpaired) electrons. The van der Waals surface area contributed by atoms with Gasteiger partial charge in [-0.3, -0.25) is 9.48 Å². The van der Waals surface area contributed by atoms with Gasteiger partial charge in [-0.05, 0) is 31.0 Å². The third-order valence-electron chi connectivity index (χ3n) is 4.23. The lowest BCUT2D eigenvalue weighted by Gasteiger charge is -2.26. The van der Waals surface area contributed by atoms with Crippen molar-refractivity contribution in [3.63, 3.8) is 0 Å². The van der Waals surface area contributed by atoms with Gasteiger partial charge >= 0.3 is 0 Å². The minimum atomic E-state index is 0.0407. The van der Waals surface area contributed by atoms with E-state index in [4.69, 9.17) is 9.47 Å². The normalized spacial score (nSPS) is 17.3. The van der Waals surface area contributed by atoms with Crippen LogP contribution in [-0.2, 0) is 11.3 Å². The largest absolute Gasteiger partial charge is 0.497 e. The topological polar surface area (TPSA) is 56.6 Å². The maximum absolute atomic E-state index is 12.6. The number of aromatic nitrogens is 2. The minimum Gasteiger partial charge on any atom is -0.497 e. The highest BCUT2D eigenvalue weighted by molar-refractivity contribution is 5.77. The molecule has 1 aliphatic heterocycles. The quantitative estimate of drug-likeness (QED) is 0.849. The third-order valence-corrected chi connectivity index (χ3v) is 4.23. The molecule has 1 aliphatic rings. The Morgan fingerprint density at radius 2 is 2.22 bits per heavy atom. The SMILES string of the molecule is COc1ccc([C@H]2CCCN2C(=O)Cn2cccn2)c(OC)c1. The number of amides is 1. The number of hydrogen-bond acceptors (Lipinski definition) is 4. The molecule has 2 heterocycles. The molecular formula is C17H21N3O3. The summed E-state index contributed by atoms with van der Waals surface area (Å²) in [5.41, 5.74) is 1.03. The molecule has 1 fully saturated rings. The number of hydrogen-bond donors (Lipinski definition) is 0. The summed E-state index contributed by atoms with van der Waals surface area (Å²) >= 11 is 0. The van der Waals surface area contributed by atoms with Crippen LogP contribution in [0.2, 0.25) is 0 Å². The van der Waals surface area contributed by atoms with Crippen LogP contribution < -0.4 is 9.47 Å². The van der Waals surface area contributed by atoms with E-state index in [0.717, 1.165) is 36.4 Å². The van der Waals surface area contributed by atoms with Crippen molar-refractivity contribution in [2.24, 2.45) is 0 Å². The summed E-state index contributed by atoms with van der Waals surface area (Å²) in [7, 11) is 3.27. The van der Waals surface area contributed by atoms with Gasteiger partial charge in [-0.1, -0.05) is 0 Å². The van der Waals surface area contributed by atoms with Crippen molar-refractivity contribution in [3.8, 4) is 11.5 Å². The predicted molar refractivity (Wildman–Crippen MR) is 85.5 cm³/mol. The highest BCUT2D eigenvalue weighted by Crippen LogP contribution is 2.38. The van der Waals surface area contributed by atoms with E-state index in [9.17, 15) is 4.79 Å². The zero-order valence-electron chi connectivity index (χ0n) is 13.4.